The summed E-state index contributed by atoms with van der Waals surface area (Å²) >= 11 is 0. The maximum Gasteiger partial charge on any atom is 0.251 e. The number of halogens is 1. The molecule has 2 rings (SSSR count). The van der Waals surface area contributed by atoms with Crippen LogP contribution in [0, 0.1) is 24.6 Å². The number of nitrogens with two attached hydrogens (primary N) is 1. The van der Waals surface area contributed by atoms with Gasteiger partial charge in [0.2, 0.25) is 0 Å². The normalized spacial score (nSPS) is 22.5. The standard InChI is InChI=1S/C15H21FN2O/c1-10-5-13(7-14(16)6-10)15(19)18-9-12-4-2-3-11(12)8-17/h5-7,11-12H,2-4,8-9,17H2,1H3,(H,18,19). The molecular weight excluding hydrogens is 243 g/mol. The molecule has 0 saturated heterocycles. The Hall–Kier alpha value is -1.42. The summed E-state index contributed by atoms with van der Waals surface area (Å²) in [5, 5.41) is 2.90. The number of rotatable bonds is 4. The molecule has 2 unspecified atom stereocenters. The van der Waals surface area contributed by atoms with Gasteiger partial charge in [0, 0.05) is 12.1 Å². The fourth-order valence-corrected chi connectivity index (χ4v) is 2.89. The van der Waals surface area contributed by atoms with Crippen molar-refractivity contribution in [3.8, 4) is 0 Å². The molecule has 2 atom stereocenters. The van der Waals surface area contributed by atoms with Gasteiger partial charge in [-0.25, -0.2) is 4.39 Å². The zero-order chi connectivity index (χ0) is 13.8. The van der Waals surface area contributed by atoms with E-state index in [0.717, 1.165) is 18.4 Å². The number of hydrogen-bond acceptors (Lipinski definition) is 2. The van der Waals surface area contributed by atoms with Crippen LogP contribution in [0.4, 0.5) is 4.39 Å². The largest absolute Gasteiger partial charge is 0.352 e. The molecule has 0 aliphatic heterocycles. The summed E-state index contributed by atoms with van der Waals surface area (Å²) in [6.07, 6.45) is 3.45. The summed E-state index contributed by atoms with van der Waals surface area (Å²) < 4.78 is 13.2. The average Bonchev–Trinajstić information content (AvgIpc) is 2.82. The molecule has 1 saturated carbocycles. The highest BCUT2D eigenvalue weighted by Gasteiger charge is 2.26. The highest BCUT2D eigenvalue weighted by molar-refractivity contribution is 5.94. The van der Waals surface area contributed by atoms with Crippen LogP contribution >= 0.6 is 0 Å². The van der Waals surface area contributed by atoms with Gasteiger partial charge < -0.3 is 11.1 Å². The topological polar surface area (TPSA) is 55.1 Å². The molecule has 1 aliphatic rings. The second-order valence-electron chi connectivity index (χ2n) is 5.41. The molecule has 0 spiro atoms. The van der Waals surface area contributed by atoms with Crippen LogP contribution in [-0.4, -0.2) is 19.0 Å². The van der Waals surface area contributed by atoms with Crippen LogP contribution < -0.4 is 11.1 Å². The van der Waals surface area contributed by atoms with Gasteiger partial charge in [-0.3, -0.25) is 4.79 Å². The molecule has 0 aromatic heterocycles. The molecule has 0 heterocycles. The summed E-state index contributed by atoms with van der Waals surface area (Å²) in [6, 6.07) is 4.39. The Morgan fingerprint density at radius 2 is 2.11 bits per heavy atom. The maximum absolute atomic E-state index is 13.2. The SMILES string of the molecule is Cc1cc(F)cc(C(=O)NCC2CCCC2CN)c1. The fourth-order valence-electron chi connectivity index (χ4n) is 2.89. The van der Waals surface area contributed by atoms with Crippen molar-refractivity contribution in [1.82, 2.24) is 5.32 Å². The monoisotopic (exact) mass is 264 g/mol. The minimum atomic E-state index is -0.370. The Balaban J connectivity index is 1.94. The summed E-state index contributed by atoms with van der Waals surface area (Å²) in [4.78, 5) is 12.0. The Morgan fingerprint density at radius 3 is 2.79 bits per heavy atom. The Kier molecular flexibility index (Phi) is 4.53. The lowest BCUT2D eigenvalue weighted by Crippen LogP contribution is -2.32. The summed E-state index contributed by atoms with van der Waals surface area (Å²) in [6.45, 7) is 3.09. The predicted octanol–water partition coefficient (Wildman–Crippen LogP) is 2.24. The second kappa shape index (κ2) is 6.15. The molecule has 1 amide bonds. The molecule has 0 radical (unpaired) electrons. The van der Waals surface area contributed by atoms with E-state index < -0.39 is 0 Å². The van der Waals surface area contributed by atoms with Gasteiger partial charge in [-0.05, 0) is 61.9 Å². The summed E-state index contributed by atoms with van der Waals surface area (Å²) in [5.41, 5.74) is 6.86. The van der Waals surface area contributed by atoms with E-state index in [9.17, 15) is 9.18 Å². The number of hydrogen-bond donors (Lipinski definition) is 2. The first-order valence-electron chi connectivity index (χ1n) is 6.85. The van der Waals surface area contributed by atoms with Crippen molar-refractivity contribution in [2.75, 3.05) is 13.1 Å². The van der Waals surface area contributed by atoms with E-state index in [-0.39, 0.29) is 11.7 Å². The van der Waals surface area contributed by atoms with Crippen LogP contribution in [0.5, 0.6) is 0 Å². The number of nitrogens with one attached hydrogen (secondary N) is 1. The third kappa shape index (κ3) is 3.53. The number of amides is 1. The molecular formula is C15H21FN2O. The number of carbonyl (C=O) groups is 1. The third-order valence-electron chi connectivity index (χ3n) is 3.95. The third-order valence-corrected chi connectivity index (χ3v) is 3.95. The lowest BCUT2D eigenvalue weighted by atomic mass is 9.96. The van der Waals surface area contributed by atoms with Crippen molar-refractivity contribution in [1.29, 1.82) is 0 Å². The smallest absolute Gasteiger partial charge is 0.251 e. The lowest BCUT2D eigenvalue weighted by Gasteiger charge is -2.18. The van der Waals surface area contributed by atoms with Crippen LogP contribution in [-0.2, 0) is 0 Å². The Morgan fingerprint density at radius 1 is 1.37 bits per heavy atom. The fraction of sp³-hybridized carbons (Fsp3) is 0.533. The minimum Gasteiger partial charge on any atom is -0.352 e. The first-order valence-corrected chi connectivity index (χ1v) is 6.85. The van der Waals surface area contributed by atoms with Gasteiger partial charge in [-0.2, -0.15) is 0 Å². The number of benzene rings is 1. The molecule has 0 bridgehead atoms. The van der Waals surface area contributed by atoms with Crippen LogP contribution in [0.3, 0.4) is 0 Å². The zero-order valence-electron chi connectivity index (χ0n) is 11.3. The van der Waals surface area contributed by atoms with E-state index in [1.807, 2.05) is 0 Å². The van der Waals surface area contributed by atoms with Crippen molar-refractivity contribution < 1.29 is 9.18 Å². The van der Waals surface area contributed by atoms with Crippen molar-refractivity contribution in [2.24, 2.45) is 17.6 Å². The van der Waals surface area contributed by atoms with Crippen molar-refractivity contribution >= 4 is 5.91 Å². The van der Waals surface area contributed by atoms with E-state index in [4.69, 9.17) is 5.73 Å². The van der Waals surface area contributed by atoms with Crippen molar-refractivity contribution in [2.45, 2.75) is 26.2 Å². The highest BCUT2D eigenvalue weighted by atomic mass is 19.1. The van der Waals surface area contributed by atoms with Crippen molar-refractivity contribution in [3.63, 3.8) is 0 Å². The van der Waals surface area contributed by atoms with Gasteiger partial charge in [0.1, 0.15) is 5.82 Å². The van der Waals surface area contributed by atoms with Gasteiger partial charge in [-0.1, -0.05) is 6.42 Å². The maximum atomic E-state index is 13.2. The van der Waals surface area contributed by atoms with Gasteiger partial charge in [0.25, 0.3) is 5.91 Å². The Labute approximate surface area is 113 Å². The van der Waals surface area contributed by atoms with E-state index in [1.165, 1.54) is 18.6 Å². The zero-order valence-corrected chi connectivity index (χ0v) is 11.3. The highest BCUT2D eigenvalue weighted by Crippen LogP contribution is 2.30. The molecule has 1 aromatic carbocycles. The van der Waals surface area contributed by atoms with E-state index in [2.05, 4.69) is 5.32 Å². The van der Waals surface area contributed by atoms with E-state index in [1.54, 1.807) is 13.0 Å². The van der Waals surface area contributed by atoms with Crippen LogP contribution in [0.15, 0.2) is 18.2 Å². The van der Waals surface area contributed by atoms with Crippen LogP contribution in [0.2, 0.25) is 0 Å². The van der Waals surface area contributed by atoms with Gasteiger partial charge in [0.15, 0.2) is 0 Å². The average molecular weight is 264 g/mol. The molecule has 3 nitrogen and oxygen atoms in total. The van der Waals surface area contributed by atoms with Gasteiger partial charge in [-0.15, -0.1) is 0 Å². The molecule has 1 aromatic rings. The van der Waals surface area contributed by atoms with Gasteiger partial charge in [0.05, 0.1) is 0 Å². The molecule has 1 aliphatic carbocycles. The molecule has 4 heteroatoms. The van der Waals surface area contributed by atoms with E-state index >= 15 is 0 Å². The molecule has 19 heavy (non-hydrogen) atoms. The molecule has 1 fully saturated rings. The quantitative estimate of drug-likeness (QED) is 0.876. The first-order chi connectivity index (χ1) is 9.10. The van der Waals surface area contributed by atoms with Crippen LogP contribution in [0.25, 0.3) is 0 Å². The van der Waals surface area contributed by atoms with Crippen LogP contribution in [0.1, 0.15) is 35.2 Å². The number of carbonyl (C=O) groups excluding carboxylic acids is 1. The Bertz CT molecular complexity index is 441. The van der Waals surface area contributed by atoms with Crippen molar-refractivity contribution in [3.05, 3.63) is 35.1 Å². The number of aryl methyl sites for hydroxylation is 1. The lowest BCUT2D eigenvalue weighted by molar-refractivity contribution is 0.0943. The van der Waals surface area contributed by atoms with Gasteiger partial charge >= 0.3 is 0 Å². The molecule has 104 valence electrons. The minimum absolute atomic E-state index is 0.203. The second-order valence-corrected chi connectivity index (χ2v) is 5.41. The first kappa shape index (κ1) is 14.0. The van der Waals surface area contributed by atoms with E-state index in [0.29, 0.717) is 30.5 Å². The molecule has 3 N–H and O–H groups in total. The summed E-state index contributed by atoms with van der Waals surface area (Å²) in [7, 11) is 0. The predicted molar refractivity (Wildman–Crippen MR) is 73.4 cm³/mol. The summed E-state index contributed by atoms with van der Waals surface area (Å²) in [5.74, 6) is 0.397.